The minimum Gasteiger partial charge on any atom is -0.508 e. The number of benzene rings is 1. The quantitative estimate of drug-likeness (QED) is 0.787. The van der Waals surface area contributed by atoms with Gasteiger partial charge in [0.05, 0.1) is 0 Å². The van der Waals surface area contributed by atoms with Gasteiger partial charge < -0.3 is 10.4 Å². The lowest BCUT2D eigenvalue weighted by Crippen LogP contribution is -2.33. The van der Waals surface area contributed by atoms with Crippen LogP contribution in [0.15, 0.2) is 18.2 Å². The van der Waals surface area contributed by atoms with Gasteiger partial charge in [0.2, 0.25) is 0 Å². The number of phenolic OH excluding ortho intramolecular Hbond substituents is 1. The Morgan fingerprint density at radius 2 is 1.95 bits per heavy atom. The van der Waals surface area contributed by atoms with Gasteiger partial charge in [-0.05, 0) is 80.0 Å². The van der Waals surface area contributed by atoms with Crippen molar-refractivity contribution in [3.63, 3.8) is 0 Å². The summed E-state index contributed by atoms with van der Waals surface area (Å²) in [6.45, 7) is 1.97. The number of rotatable bonds is 2. The lowest BCUT2D eigenvalue weighted by molar-refractivity contribution is 0.243. The van der Waals surface area contributed by atoms with E-state index >= 15 is 0 Å². The molecule has 19 heavy (non-hydrogen) atoms. The fourth-order valence-corrected chi connectivity index (χ4v) is 5.19. The number of nitrogens with one attached hydrogen (secondary N) is 1. The lowest BCUT2D eigenvalue weighted by Gasteiger charge is -2.32. The summed E-state index contributed by atoms with van der Waals surface area (Å²) < 4.78 is 0. The number of fused-ring (bicyclic) bond motifs is 5. The third kappa shape index (κ3) is 1.76. The number of phenols is 1. The molecule has 2 heteroatoms. The maximum atomic E-state index is 9.61. The lowest BCUT2D eigenvalue weighted by atomic mass is 9.79. The normalized spacial score (nSPS) is 39.5. The third-order valence-electron chi connectivity index (χ3n) is 5.98. The molecular weight excluding hydrogens is 234 g/mol. The molecule has 0 heterocycles. The largest absolute Gasteiger partial charge is 0.508 e. The van der Waals surface area contributed by atoms with E-state index in [2.05, 4.69) is 11.4 Å². The SMILES string of the molecule is Cc1cc(NC2CC3CC2C2CCCC32)ccc1O. The molecular formula is C17H23NO. The van der Waals surface area contributed by atoms with Crippen LogP contribution >= 0.6 is 0 Å². The predicted molar refractivity (Wildman–Crippen MR) is 77.3 cm³/mol. The number of hydrogen-bond donors (Lipinski definition) is 2. The molecule has 3 fully saturated rings. The van der Waals surface area contributed by atoms with Crippen LogP contribution < -0.4 is 5.32 Å². The highest BCUT2D eigenvalue weighted by atomic mass is 16.3. The van der Waals surface area contributed by atoms with Crippen LogP contribution in [-0.2, 0) is 0 Å². The van der Waals surface area contributed by atoms with Crippen molar-refractivity contribution in [3.8, 4) is 5.75 Å². The molecule has 5 unspecified atom stereocenters. The summed E-state index contributed by atoms with van der Waals surface area (Å²) in [7, 11) is 0. The van der Waals surface area contributed by atoms with Crippen molar-refractivity contribution in [1.29, 1.82) is 0 Å². The van der Waals surface area contributed by atoms with Gasteiger partial charge >= 0.3 is 0 Å². The highest BCUT2D eigenvalue weighted by Gasteiger charge is 2.53. The predicted octanol–water partition coefficient (Wildman–Crippen LogP) is 3.94. The molecule has 2 N–H and O–H groups in total. The second-order valence-corrected chi connectivity index (χ2v) is 6.91. The highest BCUT2D eigenvalue weighted by Crippen LogP contribution is 2.59. The Kier molecular flexibility index (Phi) is 2.54. The third-order valence-corrected chi connectivity index (χ3v) is 5.98. The molecule has 0 radical (unpaired) electrons. The van der Waals surface area contributed by atoms with Crippen LogP contribution in [0.4, 0.5) is 5.69 Å². The van der Waals surface area contributed by atoms with Gasteiger partial charge in [-0.1, -0.05) is 6.42 Å². The molecule has 0 saturated heterocycles. The summed E-state index contributed by atoms with van der Waals surface area (Å²) in [6, 6.07) is 6.57. The average molecular weight is 257 g/mol. The summed E-state index contributed by atoms with van der Waals surface area (Å²) in [5.41, 5.74) is 2.15. The Balaban J connectivity index is 1.51. The zero-order chi connectivity index (χ0) is 13.0. The zero-order valence-corrected chi connectivity index (χ0v) is 11.6. The minimum absolute atomic E-state index is 0.398. The molecule has 0 spiro atoms. The van der Waals surface area contributed by atoms with Crippen molar-refractivity contribution in [1.82, 2.24) is 0 Å². The molecule has 2 nitrogen and oxygen atoms in total. The van der Waals surface area contributed by atoms with E-state index < -0.39 is 0 Å². The van der Waals surface area contributed by atoms with E-state index in [0.29, 0.717) is 11.8 Å². The first-order valence-corrected chi connectivity index (χ1v) is 7.78. The first-order chi connectivity index (χ1) is 9.22. The molecule has 4 rings (SSSR count). The molecule has 1 aromatic rings. The Labute approximate surface area is 115 Å². The Morgan fingerprint density at radius 1 is 1.11 bits per heavy atom. The van der Waals surface area contributed by atoms with E-state index in [9.17, 15) is 5.11 Å². The summed E-state index contributed by atoms with van der Waals surface area (Å²) >= 11 is 0. The maximum Gasteiger partial charge on any atom is 0.118 e. The summed E-state index contributed by atoms with van der Waals surface area (Å²) in [5.74, 6) is 4.37. The fraction of sp³-hybridized carbons (Fsp3) is 0.647. The first kappa shape index (κ1) is 11.6. The van der Waals surface area contributed by atoms with E-state index in [1.807, 2.05) is 19.1 Å². The summed E-state index contributed by atoms with van der Waals surface area (Å²) in [6.07, 6.45) is 7.26. The second kappa shape index (κ2) is 4.16. The molecule has 2 bridgehead atoms. The van der Waals surface area contributed by atoms with Gasteiger partial charge in [0.25, 0.3) is 0 Å². The van der Waals surface area contributed by atoms with E-state index in [-0.39, 0.29) is 0 Å². The van der Waals surface area contributed by atoms with Crippen molar-refractivity contribution in [2.24, 2.45) is 23.7 Å². The van der Waals surface area contributed by atoms with Crippen LogP contribution in [0.5, 0.6) is 5.75 Å². The first-order valence-electron chi connectivity index (χ1n) is 7.78. The van der Waals surface area contributed by atoms with Crippen LogP contribution in [0.2, 0.25) is 0 Å². The van der Waals surface area contributed by atoms with E-state index in [1.54, 1.807) is 0 Å². The van der Waals surface area contributed by atoms with E-state index in [0.717, 1.165) is 29.2 Å². The molecule has 0 amide bonds. The van der Waals surface area contributed by atoms with Gasteiger partial charge in [-0.25, -0.2) is 0 Å². The van der Waals surface area contributed by atoms with E-state index in [4.69, 9.17) is 0 Å². The van der Waals surface area contributed by atoms with Gasteiger partial charge in [0.1, 0.15) is 5.75 Å². The summed E-state index contributed by atoms with van der Waals surface area (Å²) in [4.78, 5) is 0. The molecule has 1 aromatic carbocycles. The van der Waals surface area contributed by atoms with Crippen LogP contribution in [0, 0.1) is 30.6 Å². The number of aryl methyl sites for hydroxylation is 1. The molecule has 102 valence electrons. The van der Waals surface area contributed by atoms with Crippen LogP contribution in [-0.4, -0.2) is 11.1 Å². The minimum atomic E-state index is 0.398. The monoisotopic (exact) mass is 257 g/mol. The Bertz CT molecular complexity index is 498. The fourth-order valence-electron chi connectivity index (χ4n) is 5.19. The Hall–Kier alpha value is -1.18. The average Bonchev–Trinajstić information content (AvgIpc) is 3.05. The molecule has 3 aliphatic carbocycles. The standard InChI is InChI=1S/C17H23NO/c1-10-7-12(5-6-17(10)19)18-16-9-11-8-15(16)14-4-2-3-13(11)14/h5-7,11,13-16,18-19H,2-4,8-9H2,1H3. The highest BCUT2D eigenvalue weighted by molar-refractivity contribution is 5.51. The maximum absolute atomic E-state index is 9.61. The number of anilines is 1. The number of hydrogen-bond acceptors (Lipinski definition) is 2. The van der Waals surface area contributed by atoms with Crippen molar-refractivity contribution >= 4 is 5.69 Å². The smallest absolute Gasteiger partial charge is 0.118 e. The van der Waals surface area contributed by atoms with Gasteiger partial charge in [-0.2, -0.15) is 0 Å². The molecule has 0 aromatic heterocycles. The van der Waals surface area contributed by atoms with Crippen LogP contribution in [0.25, 0.3) is 0 Å². The summed E-state index contributed by atoms with van der Waals surface area (Å²) in [5, 5.41) is 13.3. The van der Waals surface area contributed by atoms with Gasteiger partial charge in [0.15, 0.2) is 0 Å². The van der Waals surface area contributed by atoms with Crippen molar-refractivity contribution in [2.45, 2.75) is 45.1 Å². The van der Waals surface area contributed by atoms with Gasteiger partial charge in [-0.15, -0.1) is 0 Å². The van der Waals surface area contributed by atoms with Crippen LogP contribution in [0.1, 0.15) is 37.7 Å². The molecule has 0 aliphatic heterocycles. The molecule has 3 saturated carbocycles. The van der Waals surface area contributed by atoms with Crippen molar-refractivity contribution in [3.05, 3.63) is 23.8 Å². The van der Waals surface area contributed by atoms with Crippen LogP contribution in [0.3, 0.4) is 0 Å². The number of aromatic hydroxyl groups is 1. The van der Waals surface area contributed by atoms with Crippen molar-refractivity contribution < 1.29 is 5.11 Å². The Morgan fingerprint density at radius 3 is 2.79 bits per heavy atom. The van der Waals surface area contributed by atoms with Gasteiger partial charge in [0, 0.05) is 11.7 Å². The van der Waals surface area contributed by atoms with Gasteiger partial charge in [-0.3, -0.25) is 0 Å². The molecule has 5 atom stereocenters. The van der Waals surface area contributed by atoms with E-state index in [1.165, 1.54) is 37.8 Å². The topological polar surface area (TPSA) is 32.3 Å². The second-order valence-electron chi connectivity index (χ2n) is 6.91. The zero-order valence-electron chi connectivity index (χ0n) is 11.6. The molecule has 3 aliphatic rings. The van der Waals surface area contributed by atoms with Crippen molar-refractivity contribution in [2.75, 3.05) is 5.32 Å².